The fourth-order valence-corrected chi connectivity index (χ4v) is 7.01. The number of oxazole rings is 1. The van der Waals surface area contributed by atoms with Gasteiger partial charge in [0.2, 0.25) is 17.7 Å². The maximum Gasteiger partial charge on any atom is 0.405 e. The molecule has 7 rings (SSSR count). The molecule has 0 radical (unpaired) electrons. The van der Waals surface area contributed by atoms with Crippen molar-refractivity contribution in [2.45, 2.75) is 44.4 Å². The summed E-state index contributed by atoms with van der Waals surface area (Å²) in [5.74, 6) is -2.89. The summed E-state index contributed by atoms with van der Waals surface area (Å²) in [6.07, 6.45) is 0.551. The van der Waals surface area contributed by atoms with Gasteiger partial charge in [0.25, 0.3) is 17.7 Å². The third-order valence-corrected chi connectivity index (χ3v) is 10.2. The number of benzene rings is 2. The molecule has 65 heavy (non-hydrogen) atoms. The van der Waals surface area contributed by atoms with Crippen molar-refractivity contribution in [3.05, 3.63) is 101 Å². The number of amides is 5. The second kappa shape index (κ2) is 21.1. The van der Waals surface area contributed by atoms with Gasteiger partial charge >= 0.3 is 6.18 Å². The minimum absolute atomic E-state index is 0.0115. The molecule has 1 saturated heterocycles. The average molecular weight is 903 g/mol. The molecule has 1 unspecified atom stereocenters. The lowest BCUT2D eigenvalue weighted by atomic mass is 10.0. The van der Waals surface area contributed by atoms with Gasteiger partial charge in [-0.05, 0) is 61.2 Å². The zero-order chi connectivity index (χ0) is 45.9. The van der Waals surface area contributed by atoms with Crippen LogP contribution in [0.15, 0.2) is 77.7 Å². The number of rotatable bonds is 22. The molecule has 1 atom stereocenters. The van der Waals surface area contributed by atoms with Crippen molar-refractivity contribution in [1.82, 2.24) is 35.3 Å². The largest absolute Gasteiger partial charge is 0.444 e. The maximum atomic E-state index is 13.2. The third kappa shape index (κ3) is 11.8. The number of pyridine rings is 1. The summed E-state index contributed by atoms with van der Waals surface area (Å²) in [5, 5.41) is 27.7. The highest BCUT2D eigenvalue weighted by Gasteiger charge is 2.45. The Morgan fingerprint density at radius 2 is 1.74 bits per heavy atom. The zero-order valence-corrected chi connectivity index (χ0v) is 34.8. The Morgan fingerprint density at radius 3 is 2.49 bits per heavy atom. The molecule has 2 aliphatic heterocycles. The minimum Gasteiger partial charge on any atom is -0.444 e. The van der Waals surface area contributed by atoms with E-state index in [1.165, 1.54) is 24.4 Å². The number of alkyl halides is 3. The van der Waals surface area contributed by atoms with Gasteiger partial charge in [0.05, 0.1) is 60.8 Å². The molecule has 0 saturated carbocycles. The lowest BCUT2D eigenvalue weighted by molar-refractivity contribution is -0.136. The first-order chi connectivity index (χ1) is 31.4. The number of nitrogens with zero attached hydrogens (tertiary/aromatic N) is 5. The van der Waals surface area contributed by atoms with Crippen LogP contribution in [0.5, 0.6) is 0 Å². The second-order valence-corrected chi connectivity index (χ2v) is 14.8. The van der Waals surface area contributed by atoms with E-state index in [-0.39, 0.29) is 48.0 Å². The Hall–Kier alpha value is -7.01. The number of aliphatic hydroxyl groups excluding tert-OH is 1. The molecule has 2 aromatic carbocycles. The van der Waals surface area contributed by atoms with Crippen molar-refractivity contribution < 1.29 is 56.1 Å². The predicted molar refractivity (Wildman–Crippen MR) is 226 cm³/mol. The number of ether oxygens (including phenoxy) is 2. The van der Waals surface area contributed by atoms with Crippen LogP contribution in [0.3, 0.4) is 0 Å². The molecule has 1 fully saturated rings. The van der Waals surface area contributed by atoms with Gasteiger partial charge in [-0.2, -0.15) is 18.3 Å². The average Bonchev–Trinajstić information content (AvgIpc) is 4.01. The molecule has 0 bridgehead atoms. The van der Waals surface area contributed by atoms with E-state index >= 15 is 0 Å². The van der Waals surface area contributed by atoms with E-state index in [0.29, 0.717) is 81.5 Å². The second-order valence-electron chi connectivity index (χ2n) is 14.8. The molecule has 22 heteroatoms. The lowest BCUT2D eigenvalue weighted by Crippen LogP contribution is -2.54. The van der Waals surface area contributed by atoms with Crippen molar-refractivity contribution >= 4 is 46.7 Å². The number of aryl methyl sites for hydroxylation is 1. The van der Waals surface area contributed by atoms with Crippen LogP contribution in [-0.4, -0.2) is 124 Å². The quantitative estimate of drug-likeness (QED) is 0.0429. The van der Waals surface area contributed by atoms with Crippen LogP contribution < -0.4 is 26.6 Å². The summed E-state index contributed by atoms with van der Waals surface area (Å²) in [7, 11) is 0. The predicted octanol–water partition coefficient (Wildman–Crippen LogP) is 3.71. The number of carbonyl (C=O) groups is 5. The first-order valence-electron chi connectivity index (χ1n) is 20.7. The van der Waals surface area contributed by atoms with Crippen LogP contribution in [0.4, 0.5) is 30.4 Å². The number of imide groups is 2. The highest BCUT2D eigenvalue weighted by Crippen LogP contribution is 2.32. The number of aromatic nitrogens is 4. The minimum atomic E-state index is -4.43. The van der Waals surface area contributed by atoms with Gasteiger partial charge in [0.1, 0.15) is 24.7 Å². The van der Waals surface area contributed by atoms with Crippen LogP contribution >= 0.6 is 0 Å². The maximum absolute atomic E-state index is 13.2. The standard InChI is InChI=1S/C43H45F3N10O9/c44-43(45,46)25-50-35-21-27(12-13-49-35)40-52-33(24-65-40)38(59)51-32-23-55(54-30(32)5-2-16-57)28-8-6-26(7-9-28)22-47-14-17-63-19-20-64-18-15-48-31-4-1-3-29-37(31)42(62)56(41(29)61)34-10-11-36(58)53-39(34)60/h1,3-4,6-9,12-13,21,23-24,34,47-48,57H,2,5,10-11,14-20,22,25H2,(H,49,50)(H,51,59)(H,53,58,60). The summed E-state index contributed by atoms with van der Waals surface area (Å²) < 4.78 is 56.3. The molecule has 2 aliphatic rings. The third-order valence-electron chi connectivity index (χ3n) is 10.2. The number of aliphatic hydroxyl groups is 1. The van der Waals surface area contributed by atoms with E-state index in [0.717, 1.165) is 22.4 Å². The number of hydrogen-bond donors (Lipinski definition) is 6. The van der Waals surface area contributed by atoms with E-state index in [2.05, 4.69) is 41.7 Å². The highest BCUT2D eigenvalue weighted by atomic mass is 19.4. The molecule has 342 valence electrons. The normalized spacial score (nSPS) is 15.0. The van der Waals surface area contributed by atoms with E-state index in [9.17, 15) is 42.3 Å². The van der Waals surface area contributed by atoms with Gasteiger partial charge < -0.3 is 40.3 Å². The number of piperidine rings is 1. The molecule has 5 aromatic rings. The molecule has 3 aromatic heterocycles. The van der Waals surface area contributed by atoms with Gasteiger partial charge in [-0.3, -0.25) is 34.2 Å². The molecule has 19 nitrogen and oxygen atoms in total. The summed E-state index contributed by atoms with van der Waals surface area (Å²) in [4.78, 5) is 72.4. The Bertz CT molecular complexity index is 2510. The number of anilines is 3. The number of halogens is 3. The van der Waals surface area contributed by atoms with Gasteiger partial charge in [0, 0.05) is 50.1 Å². The summed E-state index contributed by atoms with van der Waals surface area (Å²) in [6, 6.07) is 14.3. The molecule has 0 spiro atoms. The SMILES string of the molecule is O=C1CCC(N2C(=O)c3cccc(NCCOCCOCCNCc4ccc(-n5cc(NC(=O)c6coc(-c7ccnc(NCC(F)(F)F)c7)n6)c(CCCO)n5)cc4)c3C2=O)C(=O)N1. The molecular formula is C43H45F3N10O9. The Morgan fingerprint density at radius 1 is 0.954 bits per heavy atom. The summed E-state index contributed by atoms with van der Waals surface area (Å²) in [6.45, 7) is 1.59. The van der Waals surface area contributed by atoms with Crippen LogP contribution in [-0.2, 0) is 32.0 Å². The van der Waals surface area contributed by atoms with E-state index in [4.69, 9.17) is 13.9 Å². The monoisotopic (exact) mass is 902 g/mol. The van der Waals surface area contributed by atoms with Crippen molar-refractivity contribution in [1.29, 1.82) is 0 Å². The number of hydrogen-bond acceptors (Lipinski definition) is 15. The van der Waals surface area contributed by atoms with Crippen molar-refractivity contribution in [2.75, 3.05) is 68.6 Å². The Labute approximate surface area is 369 Å². The fourth-order valence-electron chi connectivity index (χ4n) is 7.01. The smallest absolute Gasteiger partial charge is 0.405 e. The topological polar surface area (TPSA) is 244 Å². The van der Waals surface area contributed by atoms with Gasteiger partial charge in [-0.15, -0.1) is 0 Å². The van der Waals surface area contributed by atoms with Crippen LogP contribution in [0.2, 0.25) is 0 Å². The Kier molecular flexibility index (Phi) is 14.9. The molecule has 0 aliphatic carbocycles. The Balaban J connectivity index is 0.808. The van der Waals surface area contributed by atoms with Crippen molar-refractivity contribution in [3.8, 4) is 17.1 Å². The zero-order valence-electron chi connectivity index (χ0n) is 34.8. The fraction of sp³-hybridized carbons (Fsp3) is 0.349. The summed E-state index contributed by atoms with van der Waals surface area (Å²) in [5.41, 5.74) is 3.73. The van der Waals surface area contributed by atoms with E-state index < -0.39 is 48.3 Å². The van der Waals surface area contributed by atoms with Crippen LogP contribution in [0, 0.1) is 0 Å². The first kappa shape index (κ1) is 46.0. The van der Waals surface area contributed by atoms with Crippen molar-refractivity contribution in [3.63, 3.8) is 0 Å². The van der Waals surface area contributed by atoms with E-state index in [1.54, 1.807) is 23.0 Å². The van der Waals surface area contributed by atoms with Gasteiger partial charge in [-0.1, -0.05) is 18.2 Å². The van der Waals surface area contributed by atoms with Gasteiger partial charge in [-0.25, -0.2) is 14.6 Å². The molecule has 5 amide bonds. The van der Waals surface area contributed by atoms with Crippen LogP contribution in [0.25, 0.3) is 17.1 Å². The molecule has 6 N–H and O–H groups in total. The van der Waals surface area contributed by atoms with Crippen LogP contribution in [0.1, 0.15) is 61.7 Å². The number of carbonyl (C=O) groups excluding carboxylic acids is 5. The molecular weight excluding hydrogens is 858 g/mol. The summed E-state index contributed by atoms with van der Waals surface area (Å²) >= 11 is 0. The van der Waals surface area contributed by atoms with E-state index in [1.807, 2.05) is 24.3 Å². The first-order valence-corrected chi connectivity index (χ1v) is 20.7. The number of fused-ring (bicyclic) bond motifs is 1. The highest BCUT2D eigenvalue weighted by molar-refractivity contribution is 6.25. The molecule has 5 heterocycles. The van der Waals surface area contributed by atoms with Gasteiger partial charge in [0.15, 0.2) is 5.69 Å². The number of nitrogens with one attached hydrogen (secondary N) is 5. The lowest BCUT2D eigenvalue weighted by Gasteiger charge is -2.27. The van der Waals surface area contributed by atoms with Crippen molar-refractivity contribution in [2.24, 2.45) is 0 Å².